The fourth-order valence-corrected chi connectivity index (χ4v) is 4.72. The highest BCUT2D eigenvalue weighted by molar-refractivity contribution is 5.94. The van der Waals surface area contributed by atoms with Gasteiger partial charge in [-0.25, -0.2) is 0 Å². The molecule has 0 radical (unpaired) electrons. The second kappa shape index (κ2) is 10.5. The number of hydrogen-bond donors (Lipinski definition) is 0. The van der Waals surface area contributed by atoms with Crippen molar-refractivity contribution in [3.8, 4) is 22.6 Å². The van der Waals surface area contributed by atoms with Crippen LogP contribution in [0.15, 0.2) is 60.7 Å². The fourth-order valence-electron chi connectivity index (χ4n) is 4.72. The molecule has 194 valence electrons. The number of carbonyl (C=O) groups is 1. The first-order chi connectivity index (χ1) is 17.8. The van der Waals surface area contributed by atoms with Crippen LogP contribution in [-0.2, 0) is 17.5 Å². The Bertz CT molecular complexity index is 1270. The molecule has 8 heteroatoms. The van der Waals surface area contributed by atoms with E-state index in [1.54, 1.807) is 4.90 Å². The van der Waals surface area contributed by atoms with Gasteiger partial charge in [0.25, 0.3) is 5.91 Å². The van der Waals surface area contributed by atoms with Crippen molar-refractivity contribution >= 4 is 5.91 Å². The molecule has 3 aromatic rings. The van der Waals surface area contributed by atoms with Gasteiger partial charge in [-0.2, -0.15) is 13.2 Å². The summed E-state index contributed by atoms with van der Waals surface area (Å²) in [7, 11) is 0. The smallest absolute Gasteiger partial charge is 0.416 e. The van der Waals surface area contributed by atoms with Crippen LogP contribution >= 0.6 is 0 Å². The van der Waals surface area contributed by atoms with Gasteiger partial charge in [0.15, 0.2) is 11.5 Å². The first-order valence-electron chi connectivity index (χ1n) is 12.3. The molecule has 2 aliphatic rings. The monoisotopic (exact) mass is 511 g/mol. The normalized spacial score (nSPS) is 17.6. The Balaban J connectivity index is 1.46. The third-order valence-corrected chi connectivity index (χ3v) is 6.80. The van der Waals surface area contributed by atoms with Gasteiger partial charge in [0, 0.05) is 30.2 Å². The number of nitrogens with zero attached hydrogens (tertiary/aromatic N) is 1. The maximum Gasteiger partial charge on any atom is 0.416 e. The number of aryl methyl sites for hydroxylation is 1. The topological polar surface area (TPSA) is 48.0 Å². The molecule has 2 heterocycles. The Morgan fingerprint density at radius 1 is 1.08 bits per heavy atom. The molecule has 0 saturated carbocycles. The van der Waals surface area contributed by atoms with Crippen LogP contribution in [0.3, 0.4) is 0 Å². The molecule has 0 unspecified atom stereocenters. The quantitative estimate of drug-likeness (QED) is 0.414. The van der Waals surface area contributed by atoms with Gasteiger partial charge in [0.1, 0.15) is 6.61 Å². The number of halogens is 3. The van der Waals surface area contributed by atoms with Gasteiger partial charge in [0.2, 0.25) is 0 Å². The lowest BCUT2D eigenvalue weighted by Gasteiger charge is -2.21. The average Bonchev–Trinajstić information content (AvgIpc) is 3.31. The molecule has 2 aliphatic heterocycles. The van der Waals surface area contributed by atoms with E-state index in [0.29, 0.717) is 37.2 Å². The zero-order chi connectivity index (χ0) is 26.0. The molecule has 0 bridgehead atoms. The Morgan fingerprint density at radius 3 is 2.57 bits per heavy atom. The Hall–Kier alpha value is -3.52. The summed E-state index contributed by atoms with van der Waals surface area (Å²) in [5.74, 6) is 1.17. The number of hydrogen-bond acceptors (Lipinski definition) is 4. The zero-order valence-corrected chi connectivity index (χ0v) is 20.5. The van der Waals surface area contributed by atoms with Gasteiger partial charge in [0.05, 0.1) is 25.3 Å². The first kappa shape index (κ1) is 25.1. The molecule has 5 nitrogen and oxygen atoms in total. The predicted octanol–water partition coefficient (Wildman–Crippen LogP) is 6.13. The molecular formula is C29H28F3NO4. The van der Waals surface area contributed by atoms with Gasteiger partial charge in [-0.15, -0.1) is 0 Å². The van der Waals surface area contributed by atoms with E-state index in [0.717, 1.165) is 47.4 Å². The van der Waals surface area contributed by atoms with Crippen molar-refractivity contribution in [1.29, 1.82) is 0 Å². The minimum Gasteiger partial charge on any atom is -0.489 e. The SMILES string of the molecule is Cc1ccccc1-c1cc2c(c(OC[C@@H]3CCOC3)c1)OCCN(C(=O)c1ccc(C(F)(F)F)cc1)C2. The summed E-state index contributed by atoms with van der Waals surface area (Å²) in [5.41, 5.74) is 3.29. The van der Waals surface area contributed by atoms with Crippen molar-refractivity contribution in [2.75, 3.05) is 33.0 Å². The molecule has 1 fully saturated rings. The van der Waals surface area contributed by atoms with Crippen LogP contribution in [0, 0.1) is 12.8 Å². The van der Waals surface area contributed by atoms with E-state index in [-0.39, 0.29) is 24.6 Å². The van der Waals surface area contributed by atoms with Gasteiger partial charge in [-0.1, -0.05) is 24.3 Å². The third kappa shape index (κ3) is 5.59. The van der Waals surface area contributed by atoms with E-state index in [1.807, 2.05) is 43.3 Å². The van der Waals surface area contributed by atoms with Crippen molar-refractivity contribution < 1.29 is 32.2 Å². The summed E-state index contributed by atoms with van der Waals surface area (Å²) in [4.78, 5) is 14.9. The maximum atomic E-state index is 13.3. The fraction of sp³-hybridized carbons (Fsp3) is 0.345. The lowest BCUT2D eigenvalue weighted by molar-refractivity contribution is -0.137. The lowest BCUT2D eigenvalue weighted by atomic mass is 9.97. The number of rotatable bonds is 5. The Kier molecular flexibility index (Phi) is 7.11. The van der Waals surface area contributed by atoms with Gasteiger partial charge in [-0.05, 0) is 66.4 Å². The van der Waals surface area contributed by atoms with Crippen molar-refractivity contribution in [2.24, 2.45) is 5.92 Å². The van der Waals surface area contributed by atoms with E-state index in [2.05, 4.69) is 0 Å². The predicted molar refractivity (Wildman–Crippen MR) is 133 cm³/mol. The van der Waals surface area contributed by atoms with Crippen LogP contribution in [0.4, 0.5) is 13.2 Å². The van der Waals surface area contributed by atoms with E-state index in [4.69, 9.17) is 14.2 Å². The molecule has 5 rings (SSSR count). The zero-order valence-electron chi connectivity index (χ0n) is 20.5. The second-order valence-corrected chi connectivity index (χ2v) is 9.47. The van der Waals surface area contributed by atoms with E-state index in [9.17, 15) is 18.0 Å². The largest absolute Gasteiger partial charge is 0.489 e. The van der Waals surface area contributed by atoms with Gasteiger partial charge < -0.3 is 19.1 Å². The number of fused-ring (bicyclic) bond motifs is 1. The average molecular weight is 512 g/mol. The molecule has 0 aliphatic carbocycles. The molecule has 0 spiro atoms. The summed E-state index contributed by atoms with van der Waals surface area (Å²) in [6.45, 7) is 4.71. The highest BCUT2D eigenvalue weighted by Crippen LogP contribution is 2.40. The van der Waals surface area contributed by atoms with Crippen molar-refractivity contribution in [1.82, 2.24) is 4.90 Å². The van der Waals surface area contributed by atoms with Crippen LogP contribution in [0.25, 0.3) is 11.1 Å². The summed E-state index contributed by atoms with van der Waals surface area (Å²) >= 11 is 0. The van der Waals surface area contributed by atoms with E-state index < -0.39 is 11.7 Å². The minimum absolute atomic E-state index is 0.198. The number of alkyl halides is 3. The lowest BCUT2D eigenvalue weighted by Crippen LogP contribution is -2.32. The summed E-state index contributed by atoms with van der Waals surface area (Å²) < 4.78 is 56.7. The highest BCUT2D eigenvalue weighted by atomic mass is 19.4. The molecule has 37 heavy (non-hydrogen) atoms. The van der Waals surface area contributed by atoms with Crippen molar-refractivity contribution in [2.45, 2.75) is 26.1 Å². The van der Waals surface area contributed by atoms with E-state index in [1.165, 1.54) is 12.1 Å². The number of carbonyl (C=O) groups excluding carboxylic acids is 1. The maximum absolute atomic E-state index is 13.3. The molecule has 0 N–H and O–H groups in total. The molecule has 0 aromatic heterocycles. The first-order valence-corrected chi connectivity index (χ1v) is 12.3. The summed E-state index contributed by atoms with van der Waals surface area (Å²) in [6, 6.07) is 16.3. The van der Waals surface area contributed by atoms with Crippen molar-refractivity contribution in [3.05, 3.63) is 82.9 Å². The molecule has 1 atom stereocenters. The van der Waals surface area contributed by atoms with Crippen LogP contribution < -0.4 is 9.47 Å². The molecule has 1 saturated heterocycles. The number of ether oxygens (including phenoxy) is 3. The van der Waals surface area contributed by atoms with Crippen molar-refractivity contribution in [3.63, 3.8) is 0 Å². The van der Waals surface area contributed by atoms with Crippen LogP contribution in [0.5, 0.6) is 11.5 Å². The number of benzene rings is 3. The van der Waals surface area contributed by atoms with Crippen LogP contribution in [0.1, 0.15) is 33.5 Å². The van der Waals surface area contributed by atoms with Crippen LogP contribution in [0.2, 0.25) is 0 Å². The number of amides is 1. The molecular weight excluding hydrogens is 483 g/mol. The third-order valence-electron chi connectivity index (χ3n) is 6.80. The van der Waals surface area contributed by atoms with Gasteiger partial charge in [-0.3, -0.25) is 4.79 Å². The molecule has 1 amide bonds. The highest BCUT2D eigenvalue weighted by Gasteiger charge is 2.31. The summed E-state index contributed by atoms with van der Waals surface area (Å²) in [5, 5.41) is 0. The van der Waals surface area contributed by atoms with E-state index >= 15 is 0 Å². The Labute approximate surface area is 213 Å². The van der Waals surface area contributed by atoms with Gasteiger partial charge >= 0.3 is 6.18 Å². The minimum atomic E-state index is -4.45. The van der Waals surface area contributed by atoms with Crippen LogP contribution in [-0.4, -0.2) is 43.8 Å². The molecule has 3 aromatic carbocycles. The standard InChI is InChI=1S/C29H28F3NO4/c1-19-4-2-3-5-25(19)22-14-23-16-33(28(34)21-6-8-24(9-7-21)29(30,31)32)11-13-36-27(23)26(15-22)37-18-20-10-12-35-17-20/h2-9,14-15,20H,10-13,16-18H2,1H3/t20-/m1/s1. The summed E-state index contributed by atoms with van der Waals surface area (Å²) in [6.07, 6.45) is -3.51. The second-order valence-electron chi connectivity index (χ2n) is 9.47. The Morgan fingerprint density at radius 2 is 1.86 bits per heavy atom.